The van der Waals surface area contributed by atoms with Crippen LogP contribution in [0.5, 0.6) is 0 Å². The van der Waals surface area contributed by atoms with Crippen molar-refractivity contribution in [2.75, 3.05) is 26.3 Å². The van der Waals surface area contributed by atoms with Gasteiger partial charge < -0.3 is 20.5 Å². The number of carbonyl (C=O) groups is 1. The lowest BCUT2D eigenvalue weighted by Gasteiger charge is -2.37. The molecule has 0 unspecified atom stereocenters. The Labute approximate surface area is 198 Å². The number of carbonyl (C=O) groups excluding carboxylic acids is 1. The minimum Gasteiger partial charge on any atom is -0.477 e. The number of nitrogens with zero attached hydrogens (tertiary/aromatic N) is 2. The second-order valence-corrected chi connectivity index (χ2v) is 8.41. The normalized spacial score (nSPS) is 15.8. The van der Waals surface area contributed by atoms with Crippen LogP contribution < -0.4 is 5.73 Å². The highest BCUT2D eigenvalue weighted by atomic mass is 19.1. The van der Waals surface area contributed by atoms with E-state index in [1.165, 1.54) is 0 Å². The van der Waals surface area contributed by atoms with Gasteiger partial charge in [-0.05, 0) is 49.2 Å². The van der Waals surface area contributed by atoms with Gasteiger partial charge in [0, 0.05) is 42.6 Å². The van der Waals surface area contributed by atoms with Crippen LogP contribution in [0.1, 0.15) is 52.4 Å². The van der Waals surface area contributed by atoms with Crippen molar-refractivity contribution in [3.8, 4) is 6.07 Å². The summed E-state index contributed by atoms with van der Waals surface area (Å²) in [5.74, 6) is -0.171. The Balaban J connectivity index is 1.74. The Morgan fingerprint density at radius 2 is 1.91 bits per heavy atom. The molecule has 1 saturated heterocycles. The molecule has 7 nitrogen and oxygen atoms in total. The van der Waals surface area contributed by atoms with E-state index in [0.29, 0.717) is 27.8 Å². The molecule has 0 bridgehead atoms. The zero-order valence-electron chi connectivity index (χ0n) is 19.4. The summed E-state index contributed by atoms with van der Waals surface area (Å²) in [4.78, 5) is 14.8. The van der Waals surface area contributed by atoms with Gasteiger partial charge in [-0.2, -0.15) is 5.26 Å². The molecule has 1 heterocycles. The van der Waals surface area contributed by atoms with E-state index in [4.69, 9.17) is 26.2 Å². The summed E-state index contributed by atoms with van der Waals surface area (Å²) in [5.41, 5.74) is 7.64. The summed E-state index contributed by atoms with van der Waals surface area (Å²) >= 11 is 0. The van der Waals surface area contributed by atoms with E-state index in [9.17, 15) is 4.79 Å². The van der Waals surface area contributed by atoms with Crippen LogP contribution in [0.15, 0.2) is 53.9 Å². The molecule has 1 amide bonds. The zero-order chi connectivity index (χ0) is 24.9. The van der Waals surface area contributed by atoms with Crippen molar-refractivity contribution in [1.29, 1.82) is 10.7 Å². The van der Waals surface area contributed by atoms with Crippen molar-refractivity contribution in [1.82, 2.24) is 4.90 Å². The van der Waals surface area contributed by atoms with Gasteiger partial charge in [0.05, 0.1) is 24.0 Å². The smallest absolute Gasteiger partial charge is 0.253 e. The molecule has 0 aliphatic carbocycles. The SMILES string of the molecule is C/C(C(=N)c1cc(C(=O)N2CCC(F)(c3ccc(C#N)cc3)CC2)ccc1C)=C(/N)OCCO. The molecule has 0 spiro atoms. The van der Waals surface area contributed by atoms with Crippen LogP contribution in [0.3, 0.4) is 0 Å². The van der Waals surface area contributed by atoms with Crippen LogP contribution in [0.25, 0.3) is 0 Å². The Bertz CT molecular complexity index is 1140. The van der Waals surface area contributed by atoms with Crippen molar-refractivity contribution in [3.63, 3.8) is 0 Å². The highest BCUT2D eigenvalue weighted by Gasteiger charge is 2.37. The highest BCUT2D eigenvalue weighted by Crippen LogP contribution is 2.37. The predicted octanol–water partition coefficient (Wildman–Crippen LogP) is 3.53. The third kappa shape index (κ3) is 5.26. The molecule has 4 N–H and O–H groups in total. The molecular weight excluding hydrogens is 435 g/mol. The Kier molecular flexibility index (Phi) is 7.69. The molecule has 2 aromatic rings. The lowest BCUT2D eigenvalue weighted by atomic mass is 9.85. The van der Waals surface area contributed by atoms with E-state index >= 15 is 4.39 Å². The summed E-state index contributed by atoms with van der Waals surface area (Å²) in [6.45, 7) is 3.85. The number of aliphatic hydroxyl groups is 1. The van der Waals surface area contributed by atoms with Gasteiger partial charge in [-0.3, -0.25) is 10.2 Å². The standard InChI is InChI=1S/C26H29FN4O3/c1-17-3-6-20(15-22(17)23(29)18(2)24(30)34-14-13-32)25(33)31-11-9-26(27,10-12-31)21-7-4-19(16-28)5-8-21/h3-8,15,29,32H,9-14,30H2,1-2H3/b24-18+,29-23?. The van der Waals surface area contributed by atoms with E-state index < -0.39 is 5.67 Å². The van der Waals surface area contributed by atoms with Crippen LogP contribution >= 0.6 is 0 Å². The van der Waals surface area contributed by atoms with E-state index in [2.05, 4.69) is 0 Å². The van der Waals surface area contributed by atoms with Gasteiger partial charge in [0.25, 0.3) is 5.91 Å². The number of rotatable bonds is 7. The molecule has 1 aliphatic heterocycles. The van der Waals surface area contributed by atoms with Gasteiger partial charge in [0.1, 0.15) is 12.3 Å². The number of nitriles is 1. The van der Waals surface area contributed by atoms with Crippen LogP contribution in [0.4, 0.5) is 4.39 Å². The summed E-state index contributed by atoms with van der Waals surface area (Å²) in [7, 11) is 0. The molecule has 34 heavy (non-hydrogen) atoms. The Hall–Kier alpha value is -3.70. The third-order valence-electron chi connectivity index (χ3n) is 6.22. The first-order chi connectivity index (χ1) is 16.2. The van der Waals surface area contributed by atoms with Gasteiger partial charge in [-0.1, -0.05) is 18.2 Å². The maximum Gasteiger partial charge on any atom is 0.253 e. The lowest BCUT2D eigenvalue weighted by molar-refractivity contribution is 0.0421. The quantitative estimate of drug-likeness (QED) is 0.427. The molecule has 178 valence electrons. The number of likely N-dealkylation sites (tertiary alicyclic amines) is 1. The van der Waals surface area contributed by atoms with Crippen molar-refractivity contribution in [3.05, 3.63) is 81.7 Å². The number of piperidine rings is 1. The Morgan fingerprint density at radius 1 is 1.26 bits per heavy atom. The first-order valence-electron chi connectivity index (χ1n) is 11.1. The molecule has 1 aliphatic rings. The highest BCUT2D eigenvalue weighted by molar-refractivity contribution is 6.12. The van der Waals surface area contributed by atoms with Gasteiger partial charge in [-0.15, -0.1) is 0 Å². The number of ether oxygens (including phenoxy) is 1. The minimum absolute atomic E-state index is 0.0292. The number of nitrogens with two attached hydrogens (primary N) is 1. The molecule has 0 saturated carbocycles. The summed E-state index contributed by atoms with van der Waals surface area (Å²) < 4.78 is 20.8. The number of halogens is 1. The largest absolute Gasteiger partial charge is 0.477 e. The van der Waals surface area contributed by atoms with Gasteiger partial charge in [-0.25, -0.2) is 4.39 Å². The van der Waals surface area contributed by atoms with Crippen molar-refractivity contribution in [2.45, 2.75) is 32.4 Å². The van der Waals surface area contributed by atoms with Gasteiger partial charge in [0.15, 0.2) is 5.88 Å². The molecule has 0 radical (unpaired) electrons. The average Bonchev–Trinajstić information content (AvgIpc) is 2.86. The fraction of sp³-hybridized carbons (Fsp3) is 0.346. The van der Waals surface area contributed by atoms with Crippen LogP contribution in [-0.4, -0.2) is 47.9 Å². The second kappa shape index (κ2) is 10.5. The topological polar surface area (TPSA) is 123 Å². The number of alkyl halides is 1. The molecule has 2 aromatic carbocycles. The number of aliphatic hydroxyl groups excluding tert-OH is 1. The van der Waals surface area contributed by atoms with E-state index in [0.717, 1.165) is 5.56 Å². The number of nitrogens with one attached hydrogen (secondary N) is 1. The minimum atomic E-state index is -1.54. The average molecular weight is 465 g/mol. The van der Waals surface area contributed by atoms with Crippen LogP contribution in [-0.2, 0) is 10.4 Å². The van der Waals surface area contributed by atoms with Gasteiger partial charge >= 0.3 is 0 Å². The second-order valence-electron chi connectivity index (χ2n) is 8.41. The number of hydrogen-bond donors (Lipinski definition) is 3. The van der Waals surface area contributed by atoms with Crippen LogP contribution in [0.2, 0.25) is 0 Å². The number of aryl methyl sites for hydroxylation is 1. The maximum absolute atomic E-state index is 15.6. The van der Waals surface area contributed by atoms with Crippen molar-refractivity contribution >= 4 is 11.6 Å². The van der Waals surface area contributed by atoms with Crippen LogP contribution in [0, 0.1) is 23.7 Å². The molecule has 0 aromatic heterocycles. The van der Waals surface area contributed by atoms with Gasteiger partial charge in [0.2, 0.25) is 0 Å². The summed E-state index contributed by atoms with van der Waals surface area (Å²) in [6, 6.07) is 13.7. The van der Waals surface area contributed by atoms with Crippen molar-refractivity contribution < 1.29 is 19.0 Å². The summed E-state index contributed by atoms with van der Waals surface area (Å²) in [6.07, 6.45) is 0.333. The molecule has 8 heteroatoms. The number of allylic oxidation sites excluding steroid dienone is 1. The number of benzene rings is 2. The lowest BCUT2D eigenvalue weighted by Crippen LogP contribution is -2.43. The first-order valence-corrected chi connectivity index (χ1v) is 11.1. The predicted molar refractivity (Wildman–Crippen MR) is 127 cm³/mol. The van der Waals surface area contributed by atoms with E-state index in [-0.39, 0.29) is 56.6 Å². The number of amides is 1. The summed E-state index contributed by atoms with van der Waals surface area (Å²) in [5, 5.41) is 26.4. The maximum atomic E-state index is 15.6. The number of hydrogen-bond acceptors (Lipinski definition) is 6. The molecule has 3 rings (SSSR count). The third-order valence-corrected chi connectivity index (χ3v) is 6.22. The fourth-order valence-corrected chi connectivity index (χ4v) is 3.99. The Morgan fingerprint density at radius 3 is 2.50 bits per heavy atom. The van der Waals surface area contributed by atoms with Crippen molar-refractivity contribution in [2.24, 2.45) is 5.73 Å². The monoisotopic (exact) mass is 464 g/mol. The van der Waals surface area contributed by atoms with E-state index in [1.807, 2.05) is 13.0 Å². The zero-order valence-corrected chi connectivity index (χ0v) is 19.4. The fourth-order valence-electron chi connectivity index (χ4n) is 3.99. The first kappa shape index (κ1) is 24.9. The molecular formula is C26H29FN4O3. The molecule has 1 fully saturated rings. The molecule has 0 atom stereocenters. The van der Waals surface area contributed by atoms with E-state index in [1.54, 1.807) is 54.3 Å².